The molecule has 6 nitrogen and oxygen atoms in total. The lowest BCUT2D eigenvalue weighted by molar-refractivity contribution is 0.0691. The molecule has 0 radical (unpaired) electrons. The van der Waals surface area contributed by atoms with E-state index in [1.807, 2.05) is 0 Å². The van der Waals surface area contributed by atoms with Gasteiger partial charge in [-0.1, -0.05) is 11.3 Å². The molecule has 0 aliphatic rings. The summed E-state index contributed by atoms with van der Waals surface area (Å²) in [5, 5.41) is 17.0. The van der Waals surface area contributed by atoms with Crippen LogP contribution >= 0.6 is 0 Å². The van der Waals surface area contributed by atoms with Crippen molar-refractivity contribution >= 4 is 5.97 Å². The predicted molar refractivity (Wildman–Crippen MR) is 80.3 cm³/mol. The van der Waals surface area contributed by atoms with E-state index >= 15 is 0 Å². The molecule has 0 bridgehead atoms. The highest BCUT2D eigenvalue weighted by atomic mass is 19.1. The first-order valence-corrected chi connectivity index (χ1v) is 6.69. The smallest absolute Gasteiger partial charge is 0.358 e. The lowest BCUT2D eigenvalue weighted by Crippen LogP contribution is -2.03. The van der Waals surface area contributed by atoms with Crippen LogP contribution in [0.2, 0.25) is 0 Å². The third-order valence-electron chi connectivity index (χ3n) is 3.29. The minimum absolute atomic E-state index is 0.209. The van der Waals surface area contributed by atoms with Crippen molar-refractivity contribution in [3.05, 3.63) is 60.0 Å². The van der Waals surface area contributed by atoms with E-state index < -0.39 is 11.8 Å². The molecule has 3 rings (SSSR count). The maximum Gasteiger partial charge on any atom is 0.358 e. The summed E-state index contributed by atoms with van der Waals surface area (Å²) >= 11 is 0. The molecule has 23 heavy (non-hydrogen) atoms. The van der Waals surface area contributed by atoms with Crippen molar-refractivity contribution in [2.24, 2.45) is 0 Å². The van der Waals surface area contributed by atoms with Gasteiger partial charge in [0.05, 0.1) is 12.8 Å². The zero-order valence-electron chi connectivity index (χ0n) is 12.1. The maximum absolute atomic E-state index is 13.1. The van der Waals surface area contributed by atoms with Gasteiger partial charge in [0, 0.05) is 11.6 Å². The Bertz CT molecular complexity index is 859. The van der Waals surface area contributed by atoms with E-state index in [0.717, 1.165) is 0 Å². The van der Waals surface area contributed by atoms with E-state index in [0.29, 0.717) is 17.0 Å². The first-order valence-electron chi connectivity index (χ1n) is 6.69. The molecular weight excluding hydrogens is 301 g/mol. The molecule has 0 unspecified atom stereocenters. The standard InChI is InChI=1S/C16H12FN3O3/c1-23-13-4-2-3-12(9-13)20-15(14(16(21)22)18-19-20)10-5-7-11(17)8-6-10/h2-9H,1H3,(H,21,22). The third-order valence-corrected chi connectivity index (χ3v) is 3.29. The molecule has 0 atom stereocenters. The van der Waals surface area contributed by atoms with Gasteiger partial charge in [-0.3, -0.25) is 0 Å². The van der Waals surface area contributed by atoms with Crippen LogP contribution in [-0.4, -0.2) is 33.2 Å². The van der Waals surface area contributed by atoms with Crippen molar-refractivity contribution in [2.45, 2.75) is 0 Å². The van der Waals surface area contributed by atoms with Crippen LogP contribution in [0.1, 0.15) is 10.5 Å². The molecule has 0 fully saturated rings. The Balaban J connectivity index is 2.21. The van der Waals surface area contributed by atoms with Crippen molar-refractivity contribution < 1.29 is 19.0 Å². The monoisotopic (exact) mass is 313 g/mol. The van der Waals surface area contributed by atoms with Crippen LogP contribution in [0.4, 0.5) is 4.39 Å². The number of halogens is 1. The molecule has 0 aliphatic heterocycles. The number of rotatable bonds is 4. The van der Waals surface area contributed by atoms with Crippen LogP contribution in [0.3, 0.4) is 0 Å². The molecule has 1 aromatic heterocycles. The largest absolute Gasteiger partial charge is 0.497 e. The number of nitrogens with zero attached hydrogens (tertiary/aromatic N) is 3. The van der Waals surface area contributed by atoms with Gasteiger partial charge in [0.2, 0.25) is 0 Å². The number of methoxy groups -OCH3 is 1. The Morgan fingerprint density at radius 1 is 1.22 bits per heavy atom. The molecule has 2 aromatic carbocycles. The summed E-state index contributed by atoms with van der Waals surface area (Å²) < 4.78 is 19.7. The summed E-state index contributed by atoms with van der Waals surface area (Å²) in [7, 11) is 1.53. The Kier molecular flexibility index (Phi) is 3.76. The molecule has 116 valence electrons. The van der Waals surface area contributed by atoms with Crippen LogP contribution in [0.25, 0.3) is 16.9 Å². The highest BCUT2D eigenvalue weighted by Gasteiger charge is 2.21. The summed E-state index contributed by atoms with van der Waals surface area (Å²) in [6.07, 6.45) is 0. The van der Waals surface area contributed by atoms with E-state index in [9.17, 15) is 14.3 Å². The second kappa shape index (κ2) is 5.88. The van der Waals surface area contributed by atoms with E-state index in [1.165, 1.54) is 36.1 Å². The van der Waals surface area contributed by atoms with Gasteiger partial charge in [-0.2, -0.15) is 0 Å². The third kappa shape index (κ3) is 2.76. The van der Waals surface area contributed by atoms with Crippen molar-refractivity contribution in [2.75, 3.05) is 7.11 Å². The minimum atomic E-state index is -1.21. The summed E-state index contributed by atoms with van der Waals surface area (Å²) in [5.41, 5.74) is 1.14. The summed E-state index contributed by atoms with van der Waals surface area (Å²) in [4.78, 5) is 11.4. The van der Waals surface area contributed by atoms with Crippen LogP contribution in [0.15, 0.2) is 48.5 Å². The minimum Gasteiger partial charge on any atom is -0.497 e. The number of carboxylic acids is 1. The molecular formula is C16H12FN3O3. The zero-order chi connectivity index (χ0) is 16.4. The topological polar surface area (TPSA) is 77.2 Å². The van der Waals surface area contributed by atoms with Gasteiger partial charge in [-0.25, -0.2) is 13.9 Å². The summed E-state index contributed by atoms with van der Waals surface area (Å²) in [6.45, 7) is 0. The molecule has 7 heteroatoms. The van der Waals surface area contributed by atoms with Gasteiger partial charge in [0.1, 0.15) is 17.3 Å². The first kappa shape index (κ1) is 14.7. The van der Waals surface area contributed by atoms with E-state index in [-0.39, 0.29) is 11.4 Å². The Morgan fingerprint density at radius 2 is 1.96 bits per heavy atom. The van der Waals surface area contributed by atoms with Gasteiger partial charge in [0.15, 0.2) is 5.69 Å². The fourth-order valence-electron chi connectivity index (χ4n) is 2.22. The lowest BCUT2D eigenvalue weighted by Gasteiger charge is -2.08. The number of carbonyl (C=O) groups is 1. The summed E-state index contributed by atoms with van der Waals surface area (Å²) in [6, 6.07) is 12.4. The van der Waals surface area contributed by atoms with Gasteiger partial charge < -0.3 is 9.84 Å². The molecule has 3 aromatic rings. The first-order chi connectivity index (χ1) is 11.1. The second-order valence-corrected chi connectivity index (χ2v) is 4.71. The van der Waals surface area contributed by atoms with Gasteiger partial charge >= 0.3 is 5.97 Å². The van der Waals surface area contributed by atoms with E-state index in [1.54, 1.807) is 24.3 Å². The number of aromatic carboxylic acids is 1. The number of hydrogen-bond donors (Lipinski definition) is 1. The van der Waals surface area contributed by atoms with Crippen molar-refractivity contribution in [1.29, 1.82) is 0 Å². The number of benzene rings is 2. The van der Waals surface area contributed by atoms with Crippen LogP contribution in [0, 0.1) is 5.82 Å². The molecule has 1 heterocycles. The van der Waals surface area contributed by atoms with Crippen molar-refractivity contribution in [3.63, 3.8) is 0 Å². The van der Waals surface area contributed by atoms with Crippen molar-refractivity contribution in [3.8, 4) is 22.7 Å². The average Bonchev–Trinajstić information content (AvgIpc) is 3.01. The van der Waals surface area contributed by atoms with E-state index in [2.05, 4.69) is 10.3 Å². The van der Waals surface area contributed by atoms with Gasteiger partial charge in [-0.05, 0) is 36.4 Å². The highest BCUT2D eigenvalue weighted by Crippen LogP contribution is 2.27. The Morgan fingerprint density at radius 3 is 2.61 bits per heavy atom. The van der Waals surface area contributed by atoms with Crippen LogP contribution in [-0.2, 0) is 0 Å². The highest BCUT2D eigenvalue weighted by molar-refractivity contribution is 5.93. The van der Waals surface area contributed by atoms with Gasteiger partial charge in [0.25, 0.3) is 0 Å². The fourth-order valence-corrected chi connectivity index (χ4v) is 2.22. The number of hydrogen-bond acceptors (Lipinski definition) is 4. The quantitative estimate of drug-likeness (QED) is 0.801. The maximum atomic E-state index is 13.1. The zero-order valence-corrected chi connectivity index (χ0v) is 12.1. The molecule has 0 amide bonds. The Hall–Kier alpha value is -3.22. The molecule has 0 aliphatic carbocycles. The number of carboxylic acid groups (broad SMARTS) is 1. The molecule has 0 saturated heterocycles. The fraction of sp³-hybridized carbons (Fsp3) is 0.0625. The molecule has 0 saturated carbocycles. The number of ether oxygens (including phenoxy) is 1. The van der Waals surface area contributed by atoms with Crippen LogP contribution < -0.4 is 4.74 Å². The average molecular weight is 313 g/mol. The summed E-state index contributed by atoms with van der Waals surface area (Å²) in [5.74, 6) is -1.02. The second-order valence-electron chi connectivity index (χ2n) is 4.71. The van der Waals surface area contributed by atoms with Crippen molar-refractivity contribution in [1.82, 2.24) is 15.0 Å². The SMILES string of the molecule is COc1cccc(-n2nnc(C(=O)O)c2-c2ccc(F)cc2)c1. The molecule has 1 N–H and O–H groups in total. The lowest BCUT2D eigenvalue weighted by atomic mass is 10.1. The molecule has 0 spiro atoms. The van der Waals surface area contributed by atoms with Crippen LogP contribution in [0.5, 0.6) is 5.75 Å². The van der Waals surface area contributed by atoms with Gasteiger partial charge in [-0.15, -0.1) is 5.10 Å². The Labute approximate surface area is 130 Å². The normalized spacial score (nSPS) is 10.5. The number of aromatic nitrogens is 3. The predicted octanol–water partition coefficient (Wildman–Crippen LogP) is 2.78. The van der Waals surface area contributed by atoms with E-state index in [4.69, 9.17) is 4.74 Å².